The molecule has 4 fully saturated rings. The van der Waals surface area contributed by atoms with Gasteiger partial charge in [0.25, 0.3) is 0 Å². The Morgan fingerprint density at radius 2 is 1.54 bits per heavy atom. The summed E-state index contributed by atoms with van der Waals surface area (Å²) in [6.45, 7) is 5.46. The minimum Gasteiger partial charge on any atom is -0.298 e. The lowest BCUT2D eigenvalue weighted by atomic mass is 9.51. The maximum Gasteiger partial charge on any atom is 0.241 e. The van der Waals surface area contributed by atoms with E-state index in [1.807, 2.05) is 19.1 Å². The van der Waals surface area contributed by atoms with E-state index < -0.39 is 15.6 Å². The molecule has 0 unspecified atom stereocenters. The molecule has 28 heavy (non-hydrogen) atoms. The molecule has 4 saturated carbocycles. The Morgan fingerprint density at radius 3 is 2.04 bits per heavy atom. The van der Waals surface area contributed by atoms with Gasteiger partial charge in [-0.1, -0.05) is 19.1 Å². The first kappa shape index (κ1) is 20.1. The zero-order chi connectivity index (χ0) is 20.1. The fourth-order valence-corrected chi connectivity index (χ4v) is 7.59. The minimum absolute atomic E-state index is 0.0266. The normalized spacial score (nSPS) is 31.9. The molecule has 0 aliphatic heterocycles. The van der Waals surface area contributed by atoms with Crippen molar-refractivity contribution in [3.05, 3.63) is 29.8 Å². The summed E-state index contributed by atoms with van der Waals surface area (Å²) in [5.74, 6) is 3.59. The monoisotopic (exact) mass is 403 g/mol. The Kier molecular flexibility index (Phi) is 5.20. The number of carbonyl (C=O) groups is 1. The molecule has 0 radical (unpaired) electrons. The van der Waals surface area contributed by atoms with Crippen molar-refractivity contribution in [2.45, 2.75) is 76.2 Å². The molecule has 5 heteroatoms. The second kappa shape index (κ2) is 7.24. The number of rotatable bonds is 7. The molecule has 0 spiro atoms. The third-order valence-electron chi connectivity index (χ3n) is 7.57. The molecule has 5 rings (SSSR count). The fraction of sp³-hybridized carbons (Fsp3) is 0.696. The molecule has 4 aliphatic rings. The molecule has 4 bridgehead atoms. The predicted molar refractivity (Wildman–Crippen MR) is 110 cm³/mol. The van der Waals surface area contributed by atoms with Gasteiger partial charge in [0.05, 0.1) is 10.4 Å². The number of nitrogens with one attached hydrogen (secondary N) is 1. The highest BCUT2D eigenvalue weighted by Crippen LogP contribution is 2.57. The van der Waals surface area contributed by atoms with E-state index in [1.54, 1.807) is 26.0 Å². The molecule has 154 valence electrons. The maximum atomic E-state index is 13.1. The zero-order valence-corrected chi connectivity index (χ0v) is 18.1. The molecule has 0 aromatic heterocycles. The minimum atomic E-state index is -3.72. The number of sulfonamides is 1. The molecule has 0 amide bonds. The molecule has 0 atom stereocenters. The first-order chi connectivity index (χ1) is 13.2. The van der Waals surface area contributed by atoms with Crippen LogP contribution >= 0.6 is 0 Å². The highest BCUT2D eigenvalue weighted by Gasteiger charge is 2.49. The number of ketones is 1. The molecule has 4 nitrogen and oxygen atoms in total. The summed E-state index contributed by atoms with van der Waals surface area (Å²) >= 11 is 0. The number of Topliss-reactive ketones (excluding diaryl/α,β-unsaturated/α-hetero) is 1. The van der Waals surface area contributed by atoms with E-state index in [0.717, 1.165) is 23.8 Å². The summed E-state index contributed by atoms with van der Waals surface area (Å²) in [5, 5.41) is 0. The van der Waals surface area contributed by atoms with Gasteiger partial charge < -0.3 is 0 Å². The van der Waals surface area contributed by atoms with Crippen LogP contribution in [0.2, 0.25) is 0 Å². The van der Waals surface area contributed by atoms with Crippen molar-refractivity contribution in [1.82, 2.24) is 4.72 Å². The highest BCUT2D eigenvalue weighted by atomic mass is 32.2. The summed E-state index contributed by atoms with van der Waals surface area (Å²) in [6.07, 6.45) is 7.89. The van der Waals surface area contributed by atoms with Gasteiger partial charge in [0.2, 0.25) is 10.0 Å². The Hall–Kier alpha value is -1.20. The maximum absolute atomic E-state index is 13.1. The predicted octanol–water partition coefficient (Wildman–Crippen LogP) is 4.34. The van der Waals surface area contributed by atoms with Gasteiger partial charge in [-0.2, -0.15) is 4.72 Å². The summed E-state index contributed by atoms with van der Waals surface area (Å²) in [7, 11) is -3.72. The molecular weight excluding hydrogens is 370 g/mol. The van der Waals surface area contributed by atoms with E-state index in [2.05, 4.69) is 4.72 Å². The molecule has 0 saturated heterocycles. The van der Waals surface area contributed by atoms with Crippen LogP contribution in [-0.4, -0.2) is 19.7 Å². The SMILES string of the molecule is CCc1ccc(S(=O)(=O)NC(C)(C)C(=O)CC2C3CC4CC(C3)CC2C4)cc1. The highest BCUT2D eigenvalue weighted by molar-refractivity contribution is 7.89. The molecule has 0 heterocycles. The van der Waals surface area contributed by atoms with Gasteiger partial charge in [-0.3, -0.25) is 4.79 Å². The largest absolute Gasteiger partial charge is 0.298 e. The summed E-state index contributed by atoms with van der Waals surface area (Å²) in [5.41, 5.74) is 0.00730. The van der Waals surface area contributed by atoms with Gasteiger partial charge in [-0.15, -0.1) is 0 Å². The number of hydrogen-bond acceptors (Lipinski definition) is 3. The first-order valence-electron chi connectivity index (χ1n) is 10.8. The van der Waals surface area contributed by atoms with Crippen LogP contribution in [-0.2, 0) is 21.2 Å². The van der Waals surface area contributed by atoms with Gasteiger partial charge in [-0.05, 0) is 99.7 Å². The van der Waals surface area contributed by atoms with Gasteiger partial charge >= 0.3 is 0 Å². The standard InChI is InChI=1S/C23H33NO3S/c1-4-15-5-7-20(8-6-15)28(26,27)24-23(2,3)22(25)14-21-18-10-16-9-17(12-18)13-19(21)11-16/h5-8,16-19,21,24H,4,9-14H2,1-3H3. The number of aryl methyl sites for hydroxylation is 1. The lowest BCUT2D eigenvalue weighted by molar-refractivity contribution is -0.128. The van der Waals surface area contributed by atoms with E-state index in [4.69, 9.17) is 0 Å². The van der Waals surface area contributed by atoms with Crippen molar-refractivity contribution in [1.29, 1.82) is 0 Å². The Morgan fingerprint density at radius 1 is 1.00 bits per heavy atom. The zero-order valence-electron chi connectivity index (χ0n) is 17.3. The fourth-order valence-electron chi connectivity index (χ4n) is 6.20. The lowest BCUT2D eigenvalue weighted by Crippen LogP contribution is -2.52. The van der Waals surface area contributed by atoms with Crippen LogP contribution in [0.3, 0.4) is 0 Å². The Labute approximate surface area is 169 Å². The third kappa shape index (κ3) is 3.80. The van der Waals surface area contributed by atoms with Crippen LogP contribution in [0.4, 0.5) is 0 Å². The van der Waals surface area contributed by atoms with Crippen molar-refractivity contribution in [3.63, 3.8) is 0 Å². The second-order valence-corrected chi connectivity index (χ2v) is 11.6. The number of benzene rings is 1. The van der Waals surface area contributed by atoms with Gasteiger partial charge in [0, 0.05) is 6.42 Å². The van der Waals surface area contributed by atoms with Gasteiger partial charge in [0.1, 0.15) is 0 Å². The number of hydrogen-bond donors (Lipinski definition) is 1. The number of carbonyl (C=O) groups excluding carboxylic acids is 1. The molecule has 1 N–H and O–H groups in total. The average molecular weight is 404 g/mol. The van der Waals surface area contributed by atoms with Crippen LogP contribution in [0.15, 0.2) is 29.2 Å². The summed E-state index contributed by atoms with van der Waals surface area (Å²) in [6, 6.07) is 6.91. The van der Waals surface area contributed by atoms with Gasteiger partial charge in [0.15, 0.2) is 5.78 Å². The van der Waals surface area contributed by atoms with E-state index in [9.17, 15) is 13.2 Å². The lowest BCUT2D eigenvalue weighted by Gasteiger charge is -2.54. The van der Waals surface area contributed by atoms with Crippen LogP contribution < -0.4 is 4.72 Å². The van der Waals surface area contributed by atoms with Crippen molar-refractivity contribution in [3.8, 4) is 0 Å². The van der Waals surface area contributed by atoms with E-state index >= 15 is 0 Å². The van der Waals surface area contributed by atoms with Crippen LogP contribution in [0.25, 0.3) is 0 Å². The second-order valence-electron chi connectivity index (χ2n) is 9.95. The first-order valence-corrected chi connectivity index (χ1v) is 12.3. The van der Waals surface area contributed by atoms with Crippen LogP contribution in [0, 0.1) is 29.6 Å². The van der Waals surface area contributed by atoms with Crippen LogP contribution in [0.5, 0.6) is 0 Å². The molecule has 1 aromatic rings. The van der Waals surface area contributed by atoms with Gasteiger partial charge in [-0.25, -0.2) is 8.42 Å². The van der Waals surface area contributed by atoms with E-state index in [0.29, 0.717) is 24.2 Å². The molecule has 1 aromatic carbocycles. The van der Waals surface area contributed by atoms with Crippen molar-refractivity contribution < 1.29 is 13.2 Å². The van der Waals surface area contributed by atoms with Crippen molar-refractivity contribution >= 4 is 15.8 Å². The molecular formula is C23H33NO3S. The molecule has 4 aliphatic carbocycles. The van der Waals surface area contributed by atoms with Crippen LogP contribution in [0.1, 0.15) is 64.9 Å². The Balaban J connectivity index is 1.44. The quantitative estimate of drug-likeness (QED) is 0.737. The van der Waals surface area contributed by atoms with Crippen molar-refractivity contribution in [2.24, 2.45) is 29.6 Å². The average Bonchev–Trinajstić information content (AvgIpc) is 2.63. The smallest absolute Gasteiger partial charge is 0.241 e. The van der Waals surface area contributed by atoms with Crippen molar-refractivity contribution in [2.75, 3.05) is 0 Å². The third-order valence-corrected chi connectivity index (χ3v) is 9.24. The van der Waals surface area contributed by atoms with E-state index in [1.165, 1.54) is 32.1 Å². The topological polar surface area (TPSA) is 63.2 Å². The summed E-state index contributed by atoms with van der Waals surface area (Å²) in [4.78, 5) is 13.4. The van der Waals surface area contributed by atoms with E-state index in [-0.39, 0.29) is 10.7 Å². The Bertz CT molecular complexity index is 813. The summed E-state index contributed by atoms with van der Waals surface area (Å²) < 4.78 is 28.3.